The van der Waals surface area contributed by atoms with Crippen LogP contribution in [0.2, 0.25) is 0 Å². The summed E-state index contributed by atoms with van der Waals surface area (Å²) in [6, 6.07) is 3.71. The van der Waals surface area contributed by atoms with Crippen LogP contribution in [0.1, 0.15) is 32.3 Å². The van der Waals surface area contributed by atoms with Gasteiger partial charge in [0.05, 0.1) is 15.4 Å². The first-order valence-corrected chi connectivity index (χ1v) is 8.04. The fourth-order valence-corrected chi connectivity index (χ4v) is 3.10. The molecule has 1 atom stereocenters. The summed E-state index contributed by atoms with van der Waals surface area (Å²) in [7, 11) is -3.90. The van der Waals surface area contributed by atoms with Crippen LogP contribution in [0.3, 0.4) is 0 Å². The normalized spacial score (nSPS) is 14.7. The van der Waals surface area contributed by atoms with Crippen molar-refractivity contribution in [3.8, 4) is 0 Å². The second-order valence-corrected chi connectivity index (χ2v) is 7.04. The van der Waals surface area contributed by atoms with Gasteiger partial charge in [-0.05, 0) is 26.3 Å². The number of hydrogen-bond donors (Lipinski definition) is 2. The highest BCUT2D eigenvalue weighted by Crippen LogP contribution is 2.22. The van der Waals surface area contributed by atoms with Crippen molar-refractivity contribution in [2.45, 2.75) is 44.1 Å². The van der Waals surface area contributed by atoms with Crippen LogP contribution in [0.25, 0.3) is 0 Å². The maximum atomic E-state index is 12.1. The average Bonchev–Trinajstić information content (AvgIpc) is 2.36. The maximum Gasteiger partial charge on any atom is 0.273 e. The van der Waals surface area contributed by atoms with Gasteiger partial charge in [-0.3, -0.25) is 10.1 Å². The smallest absolute Gasteiger partial charge is 0.273 e. The van der Waals surface area contributed by atoms with Crippen LogP contribution in [0.4, 0.5) is 5.69 Å². The van der Waals surface area contributed by atoms with Crippen LogP contribution in [-0.4, -0.2) is 30.6 Å². The fourth-order valence-electron chi connectivity index (χ4n) is 1.91. The number of aryl methyl sites for hydroxylation is 1. The fraction of sp³-hybridized carbons (Fsp3) is 0.538. The summed E-state index contributed by atoms with van der Waals surface area (Å²) < 4.78 is 26.5. The molecule has 0 aliphatic rings. The molecule has 0 saturated heterocycles. The van der Waals surface area contributed by atoms with Crippen LogP contribution in [0.15, 0.2) is 23.1 Å². The van der Waals surface area contributed by atoms with Gasteiger partial charge in [0.25, 0.3) is 5.69 Å². The second kappa shape index (κ2) is 6.50. The Labute approximate surface area is 124 Å². The lowest BCUT2D eigenvalue weighted by molar-refractivity contribution is -0.385. The second-order valence-electron chi connectivity index (χ2n) is 5.28. The molecule has 0 amide bonds. The molecule has 0 radical (unpaired) electrons. The van der Waals surface area contributed by atoms with Crippen molar-refractivity contribution in [2.24, 2.45) is 0 Å². The van der Waals surface area contributed by atoms with Crippen molar-refractivity contribution in [2.75, 3.05) is 6.54 Å². The Hall–Kier alpha value is -1.51. The molecule has 1 aromatic carbocycles. The zero-order valence-corrected chi connectivity index (χ0v) is 13.1. The molecule has 1 unspecified atom stereocenters. The van der Waals surface area contributed by atoms with E-state index in [-0.39, 0.29) is 17.1 Å². The minimum Gasteiger partial charge on any atom is -0.389 e. The van der Waals surface area contributed by atoms with Crippen molar-refractivity contribution in [1.82, 2.24) is 4.72 Å². The summed E-state index contributed by atoms with van der Waals surface area (Å²) in [5, 5.41) is 20.8. The zero-order valence-electron chi connectivity index (χ0n) is 12.3. The number of aliphatic hydroxyl groups is 1. The third-order valence-corrected chi connectivity index (χ3v) is 4.52. The molecule has 0 aliphatic heterocycles. The van der Waals surface area contributed by atoms with Gasteiger partial charge in [-0.1, -0.05) is 19.4 Å². The van der Waals surface area contributed by atoms with E-state index in [0.29, 0.717) is 18.4 Å². The monoisotopic (exact) mass is 316 g/mol. The Morgan fingerprint density at radius 1 is 1.43 bits per heavy atom. The van der Waals surface area contributed by atoms with E-state index in [4.69, 9.17) is 0 Å². The van der Waals surface area contributed by atoms with Gasteiger partial charge in [-0.25, -0.2) is 13.1 Å². The summed E-state index contributed by atoms with van der Waals surface area (Å²) in [4.78, 5) is 10.0. The largest absolute Gasteiger partial charge is 0.389 e. The molecule has 0 fully saturated rings. The number of nitrogens with one attached hydrogen (secondary N) is 1. The predicted molar refractivity (Wildman–Crippen MR) is 78.6 cm³/mol. The third kappa shape index (κ3) is 4.76. The summed E-state index contributed by atoms with van der Waals surface area (Å²) in [6.07, 6.45) is 1.16. The quantitative estimate of drug-likeness (QED) is 0.588. The molecule has 0 aliphatic carbocycles. The molecule has 2 N–H and O–H groups in total. The van der Waals surface area contributed by atoms with E-state index in [1.54, 1.807) is 0 Å². The summed E-state index contributed by atoms with van der Waals surface area (Å²) in [5.74, 6) is 0. The minimum absolute atomic E-state index is 0.148. The highest BCUT2D eigenvalue weighted by molar-refractivity contribution is 7.89. The van der Waals surface area contributed by atoms with Crippen LogP contribution in [-0.2, 0) is 10.0 Å². The van der Waals surface area contributed by atoms with Crippen molar-refractivity contribution in [3.63, 3.8) is 0 Å². The molecule has 0 bridgehead atoms. The lowest BCUT2D eigenvalue weighted by Gasteiger charge is -2.22. The molecular formula is C13H20N2O5S. The van der Waals surface area contributed by atoms with Crippen LogP contribution in [0, 0.1) is 17.0 Å². The molecule has 0 spiro atoms. The Balaban J connectivity index is 2.99. The molecule has 0 heterocycles. The van der Waals surface area contributed by atoms with Crippen molar-refractivity contribution < 1.29 is 18.4 Å². The summed E-state index contributed by atoms with van der Waals surface area (Å²) in [6.45, 7) is 4.81. The van der Waals surface area contributed by atoms with Gasteiger partial charge in [0.1, 0.15) is 0 Å². The van der Waals surface area contributed by atoms with Gasteiger partial charge in [-0.2, -0.15) is 0 Å². The molecule has 0 saturated carbocycles. The van der Waals surface area contributed by atoms with Crippen LogP contribution >= 0.6 is 0 Å². The molecule has 21 heavy (non-hydrogen) atoms. The molecule has 1 aromatic rings. The van der Waals surface area contributed by atoms with E-state index in [1.807, 2.05) is 6.92 Å². The van der Waals surface area contributed by atoms with Gasteiger partial charge < -0.3 is 5.11 Å². The highest BCUT2D eigenvalue weighted by atomic mass is 32.2. The SMILES string of the molecule is CCCC(C)(O)CNS(=O)(=O)c1ccc(C)c([N+](=O)[O-])c1. The van der Waals surface area contributed by atoms with Gasteiger partial charge in [0.2, 0.25) is 10.0 Å². The topological polar surface area (TPSA) is 110 Å². The van der Waals surface area contributed by atoms with Gasteiger partial charge in [0, 0.05) is 18.2 Å². The van der Waals surface area contributed by atoms with Crippen LogP contribution in [0.5, 0.6) is 0 Å². The standard InChI is InChI=1S/C13H20N2O5S/c1-4-7-13(3,16)9-14-21(19,20)11-6-5-10(2)12(8-11)15(17)18/h5-6,8,14,16H,4,7,9H2,1-3H3. The number of nitro benzene ring substituents is 1. The molecule has 1 rings (SSSR count). The lowest BCUT2D eigenvalue weighted by Crippen LogP contribution is -2.40. The predicted octanol–water partition coefficient (Wildman–Crippen LogP) is 1.73. The van der Waals surface area contributed by atoms with Crippen LogP contribution < -0.4 is 4.72 Å². The van der Waals surface area contributed by atoms with E-state index in [2.05, 4.69) is 4.72 Å². The number of rotatable bonds is 7. The Bertz CT molecular complexity index is 625. The van der Waals surface area contributed by atoms with E-state index in [1.165, 1.54) is 26.0 Å². The zero-order chi connectivity index (χ0) is 16.3. The number of sulfonamides is 1. The first kappa shape index (κ1) is 17.5. The lowest BCUT2D eigenvalue weighted by atomic mass is 10.0. The number of hydrogen-bond acceptors (Lipinski definition) is 5. The minimum atomic E-state index is -3.90. The number of nitrogens with zero attached hydrogens (tertiary/aromatic N) is 1. The Morgan fingerprint density at radius 3 is 2.57 bits per heavy atom. The van der Waals surface area contributed by atoms with Crippen molar-refractivity contribution in [1.29, 1.82) is 0 Å². The van der Waals surface area contributed by atoms with Gasteiger partial charge in [0.15, 0.2) is 0 Å². The first-order valence-electron chi connectivity index (χ1n) is 6.56. The molecule has 7 nitrogen and oxygen atoms in total. The molecular weight excluding hydrogens is 296 g/mol. The molecule has 118 valence electrons. The van der Waals surface area contributed by atoms with E-state index >= 15 is 0 Å². The van der Waals surface area contributed by atoms with E-state index in [9.17, 15) is 23.6 Å². The summed E-state index contributed by atoms with van der Waals surface area (Å²) >= 11 is 0. The van der Waals surface area contributed by atoms with Crippen molar-refractivity contribution in [3.05, 3.63) is 33.9 Å². The van der Waals surface area contributed by atoms with Gasteiger partial charge in [-0.15, -0.1) is 0 Å². The number of nitro groups is 1. The maximum absolute atomic E-state index is 12.1. The number of benzene rings is 1. The highest BCUT2D eigenvalue weighted by Gasteiger charge is 2.25. The Morgan fingerprint density at radius 2 is 2.05 bits per heavy atom. The van der Waals surface area contributed by atoms with E-state index < -0.39 is 20.5 Å². The Kier molecular flexibility index (Phi) is 5.43. The summed E-state index contributed by atoms with van der Waals surface area (Å²) in [5.41, 5.74) is -1.02. The third-order valence-electron chi connectivity index (χ3n) is 3.12. The molecule has 0 aromatic heterocycles. The van der Waals surface area contributed by atoms with Crippen molar-refractivity contribution >= 4 is 15.7 Å². The first-order chi connectivity index (χ1) is 9.59. The van der Waals surface area contributed by atoms with Gasteiger partial charge >= 0.3 is 0 Å². The molecule has 8 heteroatoms. The van der Waals surface area contributed by atoms with E-state index in [0.717, 1.165) is 6.07 Å². The average molecular weight is 316 g/mol.